The third-order valence-corrected chi connectivity index (χ3v) is 3.51. The second kappa shape index (κ2) is 5.50. The largest absolute Gasteiger partial charge is 0.381 e. The van der Waals surface area contributed by atoms with Crippen LogP contribution >= 0.6 is 0 Å². The Morgan fingerprint density at radius 2 is 2.18 bits per heavy atom. The molecule has 94 valence electrons. The summed E-state index contributed by atoms with van der Waals surface area (Å²) in [6.07, 6.45) is 4.63. The smallest absolute Gasteiger partial charge is 0.149 e. The van der Waals surface area contributed by atoms with Gasteiger partial charge in [-0.3, -0.25) is 0 Å². The van der Waals surface area contributed by atoms with Gasteiger partial charge in [0.15, 0.2) is 0 Å². The maximum Gasteiger partial charge on any atom is 0.149 e. The van der Waals surface area contributed by atoms with Gasteiger partial charge in [0.05, 0.1) is 11.8 Å². The summed E-state index contributed by atoms with van der Waals surface area (Å²) >= 11 is 0. The number of nitrogens with one attached hydrogen (secondary N) is 1. The molecule has 3 heteroatoms. The van der Waals surface area contributed by atoms with Crippen LogP contribution in [0.15, 0.2) is 18.2 Å². The highest BCUT2D eigenvalue weighted by molar-refractivity contribution is 5.48. The first kappa shape index (κ1) is 12.4. The number of benzene rings is 1. The molecule has 1 N–H and O–H groups in total. The molecular formula is C14H20FNO. The van der Waals surface area contributed by atoms with E-state index >= 15 is 0 Å². The predicted octanol–water partition coefficient (Wildman–Crippen LogP) is 3.50. The van der Waals surface area contributed by atoms with Gasteiger partial charge < -0.3 is 10.1 Å². The van der Waals surface area contributed by atoms with Crippen molar-refractivity contribution in [1.29, 1.82) is 0 Å². The van der Waals surface area contributed by atoms with Crippen molar-refractivity contribution < 1.29 is 9.13 Å². The van der Waals surface area contributed by atoms with E-state index in [4.69, 9.17) is 4.74 Å². The van der Waals surface area contributed by atoms with E-state index in [0.29, 0.717) is 23.4 Å². The van der Waals surface area contributed by atoms with Gasteiger partial charge in [0.1, 0.15) is 5.82 Å². The Hall–Kier alpha value is -1.09. The minimum absolute atomic E-state index is 0.132. The van der Waals surface area contributed by atoms with E-state index in [1.807, 2.05) is 6.07 Å². The third-order valence-electron chi connectivity index (χ3n) is 3.51. The van der Waals surface area contributed by atoms with E-state index in [-0.39, 0.29) is 5.82 Å². The number of hydrogen-bond acceptors (Lipinski definition) is 2. The zero-order valence-corrected chi connectivity index (χ0v) is 10.5. The third kappa shape index (κ3) is 2.97. The van der Waals surface area contributed by atoms with Crippen LogP contribution in [0.25, 0.3) is 0 Å². The molecule has 2 unspecified atom stereocenters. The Morgan fingerprint density at radius 1 is 1.35 bits per heavy atom. The summed E-state index contributed by atoms with van der Waals surface area (Å²) in [6, 6.07) is 5.81. The molecule has 1 aromatic carbocycles. The molecule has 0 spiro atoms. The van der Waals surface area contributed by atoms with Crippen LogP contribution in [0, 0.1) is 12.7 Å². The highest BCUT2D eigenvalue weighted by Gasteiger charge is 2.22. The molecule has 1 aromatic rings. The van der Waals surface area contributed by atoms with Gasteiger partial charge in [0.25, 0.3) is 0 Å². The van der Waals surface area contributed by atoms with Crippen molar-refractivity contribution in [2.75, 3.05) is 12.4 Å². The Balaban J connectivity index is 2.02. The molecule has 0 amide bonds. The lowest BCUT2D eigenvalue weighted by molar-refractivity contribution is 0.0669. The molecular weight excluding hydrogens is 217 g/mol. The number of aryl methyl sites for hydroxylation is 1. The Morgan fingerprint density at radius 3 is 2.94 bits per heavy atom. The Kier molecular flexibility index (Phi) is 4.00. The zero-order chi connectivity index (χ0) is 12.3. The summed E-state index contributed by atoms with van der Waals surface area (Å²) in [5.41, 5.74) is 1.31. The van der Waals surface area contributed by atoms with Gasteiger partial charge in [0.2, 0.25) is 0 Å². The molecule has 0 aromatic heterocycles. The van der Waals surface area contributed by atoms with Gasteiger partial charge in [-0.1, -0.05) is 12.1 Å². The van der Waals surface area contributed by atoms with Crippen LogP contribution in [-0.4, -0.2) is 19.3 Å². The summed E-state index contributed by atoms with van der Waals surface area (Å²) in [5, 5.41) is 3.30. The number of halogens is 1. The normalized spacial score (nSPS) is 24.6. The lowest BCUT2D eigenvalue weighted by atomic mass is 9.92. The fourth-order valence-corrected chi connectivity index (χ4v) is 2.47. The van der Waals surface area contributed by atoms with E-state index in [9.17, 15) is 4.39 Å². The Bertz CT molecular complexity index is 380. The van der Waals surface area contributed by atoms with Crippen molar-refractivity contribution in [3.8, 4) is 0 Å². The highest BCUT2D eigenvalue weighted by atomic mass is 19.1. The minimum atomic E-state index is -0.132. The molecule has 0 radical (unpaired) electrons. The van der Waals surface area contributed by atoms with Gasteiger partial charge in [0, 0.05) is 13.2 Å². The maximum atomic E-state index is 13.8. The van der Waals surface area contributed by atoms with Gasteiger partial charge in [-0.15, -0.1) is 0 Å². The zero-order valence-electron chi connectivity index (χ0n) is 10.5. The fourth-order valence-electron chi connectivity index (χ4n) is 2.47. The molecule has 0 heterocycles. The van der Waals surface area contributed by atoms with E-state index in [2.05, 4.69) is 5.32 Å². The van der Waals surface area contributed by atoms with Crippen LogP contribution in [0.5, 0.6) is 0 Å². The van der Waals surface area contributed by atoms with Crippen LogP contribution in [-0.2, 0) is 4.74 Å². The van der Waals surface area contributed by atoms with Crippen LogP contribution in [0.2, 0.25) is 0 Å². The average molecular weight is 237 g/mol. The van der Waals surface area contributed by atoms with Crippen molar-refractivity contribution in [2.24, 2.45) is 0 Å². The fraction of sp³-hybridized carbons (Fsp3) is 0.571. The second-order valence-electron chi connectivity index (χ2n) is 4.80. The number of rotatable bonds is 3. The average Bonchev–Trinajstić information content (AvgIpc) is 2.35. The van der Waals surface area contributed by atoms with Gasteiger partial charge in [-0.05, 0) is 44.2 Å². The second-order valence-corrected chi connectivity index (χ2v) is 4.80. The topological polar surface area (TPSA) is 21.3 Å². The van der Waals surface area contributed by atoms with Crippen molar-refractivity contribution in [1.82, 2.24) is 0 Å². The molecule has 2 atom stereocenters. The van der Waals surface area contributed by atoms with Crippen molar-refractivity contribution in [3.63, 3.8) is 0 Å². The van der Waals surface area contributed by atoms with Crippen molar-refractivity contribution >= 4 is 5.69 Å². The van der Waals surface area contributed by atoms with E-state index in [1.165, 1.54) is 0 Å². The number of methoxy groups -OCH3 is 1. The first-order chi connectivity index (χ1) is 8.20. The number of ether oxygens (including phenoxy) is 1. The monoisotopic (exact) mass is 237 g/mol. The van der Waals surface area contributed by atoms with Crippen molar-refractivity contribution in [3.05, 3.63) is 29.6 Å². The Labute approximate surface area is 102 Å². The quantitative estimate of drug-likeness (QED) is 0.868. The van der Waals surface area contributed by atoms with E-state index in [0.717, 1.165) is 25.7 Å². The first-order valence-corrected chi connectivity index (χ1v) is 6.25. The summed E-state index contributed by atoms with van der Waals surface area (Å²) in [7, 11) is 1.75. The molecule has 2 rings (SSSR count). The molecule has 1 aliphatic carbocycles. The first-order valence-electron chi connectivity index (χ1n) is 6.25. The summed E-state index contributed by atoms with van der Waals surface area (Å²) in [6.45, 7) is 1.79. The number of anilines is 1. The number of hydrogen-bond donors (Lipinski definition) is 1. The SMILES string of the molecule is COC1CCCC(Nc2cccc(C)c2F)C1. The summed E-state index contributed by atoms with van der Waals surface area (Å²) < 4.78 is 19.2. The highest BCUT2D eigenvalue weighted by Crippen LogP contribution is 2.25. The molecule has 1 saturated carbocycles. The lowest BCUT2D eigenvalue weighted by Gasteiger charge is -2.29. The minimum Gasteiger partial charge on any atom is -0.381 e. The molecule has 0 saturated heterocycles. The van der Waals surface area contributed by atoms with Gasteiger partial charge >= 0.3 is 0 Å². The van der Waals surface area contributed by atoms with Crippen LogP contribution < -0.4 is 5.32 Å². The van der Waals surface area contributed by atoms with Gasteiger partial charge in [-0.25, -0.2) is 4.39 Å². The summed E-state index contributed by atoms with van der Waals surface area (Å²) in [5.74, 6) is -0.132. The van der Waals surface area contributed by atoms with Crippen LogP contribution in [0.1, 0.15) is 31.2 Å². The van der Waals surface area contributed by atoms with Crippen molar-refractivity contribution in [2.45, 2.75) is 44.8 Å². The molecule has 2 nitrogen and oxygen atoms in total. The standard InChI is InChI=1S/C14H20FNO/c1-10-5-3-8-13(14(10)15)16-11-6-4-7-12(9-11)17-2/h3,5,8,11-12,16H,4,6-7,9H2,1-2H3. The van der Waals surface area contributed by atoms with E-state index in [1.54, 1.807) is 26.2 Å². The molecule has 0 aliphatic heterocycles. The predicted molar refractivity (Wildman–Crippen MR) is 67.8 cm³/mol. The molecule has 0 bridgehead atoms. The molecule has 1 fully saturated rings. The molecule has 1 aliphatic rings. The van der Waals surface area contributed by atoms with Crippen LogP contribution in [0.4, 0.5) is 10.1 Å². The van der Waals surface area contributed by atoms with E-state index < -0.39 is 0 Å². The van der Waals surface area contributed by atoms with Gasteiger partial charge in [-0.2, -0.15) is 0 Å². The van der Waals surface area contributed by atoms with Crippen LogP contribution in [0.3, 0.4) is 0 Å². The maximum absolute atomic E-state index is 13.8. The summed E-state index contributed by atoms with van der Waals surface area (Å²) in [4.78, 5) is 0. The lowest BCUT2D eigenvalue weighted by Crippen LogP contribution is -2.31. The molecule has 17 heavy (non-hydrogen) atoms.